The van der Waals surface area contributed by atoms with Crippen LogP contribution >= 0.6 is 23.0 Å². The zero-order valence-corrected chi connectivity index (χ0v) is 12.2. The summed E-state index contributed by atoms with van der Waals surface area (Å²) in [5.74, 6) is -0.724. The second-order valence-electron chi connectivity index (χ2n) is 4.45. The summed E-state index contributed by atoms with van der Waals surface area (Å²) in [5, 5.41) is 2.77. The van der Waals surface area contributed by atoms with Crippen LogP contribution in [0, 0.1) is 11.8 Å². The van der Waals surface area contributed by atoms with Crippen LogP contribution in [0.5, 0.6) is 0 Å². The largest absolute Gasteiger partial charge is 0.351 e. The molecule has 1 aromatic rings. The zero-order chi connectivity index (χ0) is 13.3. The summed E-state index contributed by atoms with van der Waals surface area (Å²) in [6.07, 6.45) is 4.42. The standard InChI is InChI=1S/C11H14IN3O3/c1-6(11(17)15-4-3-13-5-15)9-8(7(2)18-12)10(16)14-9/h3-9H,1-2H3,(H,14,16)/t6-,7-,8-,9-/m1/s1. The third kappa shape index (κ3) is 2.28. The second-order valence-corrected chi connectivity index (χ2v) is 4.96. The van der Waals surface area contributed by atoms with Gasteiger partial charge in [-0.05, 0) is 6.92 Å². The number of halogens is 1. The van der Waals surface area contributed by atoms with Crippen molar-refractivity contribution in [3.63, 3.8) is 0 Å². The maximum atomic E-state index is 12.1. The molecule has 1 saturated heterocycles. The van der Waals surface area contributed by atoms with E-state index < -0.39 is 0 Å². The molecule has 4 atom stereocenters. The van der Waals surface area contributed by atoms with E-state index in [9.17, 15) is 9.59 Å². The monoisotopic (exact) mass is 363 g/mol. The third-order valence-corrected chi connectivity index (χ3v) is 4.13. The Morgan fingerprint density at radius 3 is 2.83 bits per heavy atom. The molecule has 1 aromatic heterocycles. The van der Waals surface area contributed by atoms with Gasteiger partial charge in [0.15, 0.2) is 0 Å². The third-order valence-electron chi connectivity index (χ3n) is 3.33. The summed E-state index contributed by atoms with van der Waals surface area (Å²) in [4.78, 5) is 27.5. The van der Waals surface area contributed by atoms with Crippen LogP contribution in [0.15, 0.2) is 18.7 Å². The van der Waals surface area contributed by atoms with Crippen molar-refractivity contribution in [2.45, 2.75) is 26.0 Å². The first kappa shape index (κ1) is 13.5. The maximum Gasteiger partial charge on any atom is 0.236 e. The number of carbonyl (C=O) groups excluding carboxylic acids is 2. The van der Waals surface area contributed by atoms with Crippen molar-refractivity contribution in [3.8, 4) is 0 Å². The van der Waals surface area contributed by atoms with Crippen LogP contribution in [-0.4, -0.2) is 33.5 Å². The molecular weight excluding hydrogens is 349 g/mol. The van der Waals surface area contributed by atoms with Crippen molar-refractivity contribution in [2.24, 2.45) is 11.8 Å². The molecule has 6 nitrogen and oxygen atoms in total. The smallest absolute Gasteiger partial charge is 0.236 e. The van der Waals surface area contributed by atoms with Gasteiger partial charge < -0.3 is 8.38 Å². The normalized spacial score (nSPS) is 26.1. The highest BCUT2D eigenvalue weighted by Crippen LogP contribution is 2.28. The predicted octanol–water partition coefficient (Wildman–Crippen LogP) is 1.03. The van der Waals surface area contributed by atoms with Crippen molar-refractivity contribution < 1.29 is 12.7 Å². The van der Waals surface area contributed by atoms with Crippen LogP contribution in [0.1, 0.15) is 18.6 Å². The summed E-state index contributed by atoms with van der Waals surface area (Å²) in [7, 11) is 0. The van der Waals surface area contributed by atoms with Crippen LogP contribution in [0.4, 0.5) is 0 Å². The van der Waals surface area contributed by atoms with E-state index in [1.807, 2.05) is 6.92 Å². The van der Waals surface area contributed by atoms with E-state index >= 15 is 0 Å². The molecule has 0 spiro atoms. The number of aromatic nitrogens is 2. The lowest BCUT2D eigenvalue weighted by molar-refractivity contribution is -0.140. The summed E-state index contributed by atoms with van der Waals surface area (Å²) in [6, 6.07) is -0.183. The number of carbonyl (C=O) groups is 2. The number of imidazole rings is 1. The molecule has 1 aliphatic rings. The van der Waals surface area contributed by atoms with Gasteiger partial charge in [0.05, 0.1) is 24.0 Å². The second kappa shape index (κ2) is 5.35. The number of amides is 1. The number of rotatable bonds is 4. The molecule has 0 saturated carbocycles. The molecule has 0 unspecified atom stereocenters. The minimum atomic E-state index is -0.309. The van der Waals surface area contributed by atoms with E-state index in [0.29, 0.717) is 0 Å². The van der Waals surface area contributed by atoms with Gasteiger partial charge >= 0.3 is 0 Å². The molecule has 2 heterocycles. The molecule has 1 amide bonds. The van der Waals surface area contributed by atoms with E-state index in [1.54, 1.807) is 42.3 Å². The molecule has 1 aliphatic heterocycles. The summed E-state index contributed by atoms with van der Waals surface area (Å²) in [5.41, 5.74) is 0. The first-order chi connectivity index (χ1) is 8.56. The quantitative estimate of drug-likeness (QED) is 0.641. The average Bonchev–Trinajstić information content (AvgIpc) is 2.87. The number of hydrogen-bond acceptors (Lipinski definition) is 4. The molecule has 18 heavy (non-hydrogen) atoms. The Balaban J connectivity index is 2.08. The molecule has 2 rings (SSSR count). The van der Waals surface area contributed by atoms with E-state index in [4.69, 9.17) is 3.07 Å². The van der Waals surface area contributed by atoms with Gasteiger partial charge in [0.2, 0.25) is 11.8 Å². The molecular formula is C11H14IN3O3. The highest BCUT2D eigenvalue weighted by Gasteiger charge is 2.48. The van der Waals surface area contributed by atoms with E-state index in [0.717, 1.165) is 0 Å². The molecule has 98 valence electrons. The van der Waals surface area contributed by atoms with Gasteiger partial charge in [0.1, 0.15) is 29.3 Å². The van der Waals surface area contributed by atoms with Gasteiger partial charge in [-0.25, -0.2) is 4.98 Å². The predicted molar refractivity (Wildman–Crippen MR) is 72.0 cm³/mol. The zero-order valence-electron chi connectivity index (χ0n) is 10.0. The van der Waals surface area contributed by atoms with Gasteiger partial charge in [-0.15, -0.1) is 0 Å². The van der Waals surface area contributed by atoms with E-state index in [2.05, 4.69) is 10.3 Å². The van der Waals surface area contributed by atoms with Crippen molar-refractivity contribution in [1.82, 2.24) is 14.9 Å². The minimum absolute atomic E-state index is 0.0607. The number of β-lactam (4-membered cyclic amide) rings is 1. The molecule has 1 N–H and O–H groups in total. The molecule has 0 aromatic carbocycles. The van der Waals surface area contributed by atoms with Gasteiger partial charge in [0.25, 0.3) is 0 Å². The minimum Gasteiger partial charge on any atom is -0.351 e. The van der Waals surface area contributed by atoms with Crippen LogP contribution in [-0.2, 0) is 7.86 Å². The van der Waals surface area contributed by atoms with E-state index in [1.165, 1.54) is 10.9 Å². The van der Waals surface area contributed by atoms with Gasteiger partial charge in [-0.2, -0.15) is 0 Å². The maximum absolute atomic E-state index is 12.1. The Morgan fingerprint density at radius 1 is 1.61 bits per heavy atom. The van der Waals surface area contributed by atoms with Gasteiger partial charge in [-0.3, -0.25) is 14.2 Å². The van der Waals surface area contributed by atoms with Crippen LogP contribution < -0.4 is 5.32 Å². The van der Waals surface area contributed by atoms with Crippen molar-refractivity contribution in [1.29, 1.82) is 0 Å². The highest BCUT2D eigenvalue weighted by molar-refractivity contribution is 14.1. The average molecular weight is 363 g/mol. The van der Waals surface area contributed by atoms with Crippen LogP contribution in [0.25, 0.3) is 0 Å². The van der Waals surface area contributed by atoms with Crippen molar-refractivity contribution in [2.75, 3.05) is 0 Å². The number of nitrogens with zero attached hydrogens (tertiary/aromatic N) is 2. The summed E-state index contributed by atoms with van der Waals surface area (Å²) in [6.45, 7) is 3.64. The summed E-state index contributed by atoms with van der Waals surface area (Å²) >= 11 is 1.78. The Bertz CT molecular complexity index is 448. The number of nitrogens with one attached hydrogen (secondary N) is 1. The lowest BCUT2D eigenvalue weighted by atomic mass is 9.78. The SMILES string of the molecule is C[C@@H](OI)[C@H]1C(=O)N[C@@H]1[C@@H](C)C(=O)n1ccnc1. The molecule has 7 heteroatoms. The van der Waals surface area contributed by atoms with Gasteiger partial charge in [-0.1, -0.05) is 6.92 Å². The first-order valence-electron chi connectivity index (χ1n) is 5.66. The fraction of sp³-hybridized carbons (Fsp3) is 0.545. The first-order valence-corrected chi connectivity index (χ1v) is 6.54. The lowest BCUT2D eigenvalue weighted by Crippen LogP contribution is -2.65. The highest BCUT2D eigenvalue weighted by atomic mass is 127. The lowest BCUT2D eigenvalue weighted by Gasteiger charge is -2.42. The molecule has 1 fully saturated rings. The fourth-order valence-corrected chi connectivity index (χ4v) is 2.51. The molecule has 0 radical (unpaired) electrons. The molecule has 0 bridgehead atoms. The molecule has 0 aliphatic carbocycles. The Morgan fingerprint density at radius 2 is 2.33 bits per heavy atom. The van der Waals surface area contributed by atoms with E-state index in [-0.39, 0.29) is 35.8 Å². The Labute approximate surface area is 119 Å². The van der Waals surface area contributed by atoms with Gasteiger partial charge in [0, 0.05) is 12.4 Å². The number of hydrogen-bond donors (Lipinski definition) is 1. The topological polar surface area (TPSA) is 73.2 Å². The van der Waals surface area contributed by atoms with Crippen molar-refractivity contribution in [3.05, 3.63) is 18.7 Å². The van der Waals surface area contributed by atoms with Crippen LogP contribution in [0.2, 0.25) is 0 Å². The summed E-state index contributed by atoms with van der Waals surface area (Å²) < 4.78 is 6.59. The van der Waals surface area contributed by atoms with Crippen molar-refractivity contribution >= 4 is 34.8 Å². The fourth-order valence-electron chi connectivity index (χ4n) is 2.19. The Hall–Kier alpha value is -0.960. The van der Waals surface area contributed by atoms with Crippen LogP contribution in [0.3, 0.4) is 0 Å². The Kier molecular flexibility index (Phi) is 4.00.